The number of aliphatic hydroxyl groups is 1. The van der Waals surface area contributed by atoms with E-state index in [1.807, 2.05) is 19.1 Å². The van der Waals surface area contributed by atoms with E-state index in [9.17, 15) is 0 Å². The predicted octanol–water partition coefficient (Wildman–Crippen LogP) is 2.61. The van der Waals surface area contributed by atoms with Gasteiger partial charge in [-0.1, -0.05) is 32.0 Å². The highest BCUT2D eigenvalue weighted by atomic mass is 16.3. The molecule has 0 spiro atoms. The molecule has 1 nitrogen and oxygen atoms in total. The van der Waals surface area contributed by atoms with E-state index < -0.39 is 0 Å². The Morgan fingerprint density at radius 3 is 2.42 bits per heavy atom. The van der Waals surface area contributed by atoms with Crippen LogP contribution in [0.1, 0.15) is 36.5 Å². The van der Waals surface area contributed by atoms with Gasteiger partial charge < -0.3 is 5.11 Å². The molecule has 0 aromatic heterocycles. The number of rotatable bonds is 2. The summed E-state index contributed by atoms with van der Waals surface area (Å²) in [5, 5.41) is 9.15. The lowest BCUT2D eigenvalue weighted by molar-refractivity contribution is 0.279. The van der Waals surface area contributed by atoms with Crippen molar-refractivity contribution in [2.24, 2.45) is 0 Å². The van der Waals surface area contributed by atoms with Crippen molar-refractivity contribution in [1.29, 1.82) is 0 Å². The van der Waals surface area contributed by atoms with E-state index in [-0.39, 0.29) is 6.61 Å². The van der Waals surface area contributed by atoms with Gasteiger partial charge in [0.1, 0.15) is 0 Å². The van der Waals surface area contributed by atoms with Crippen molar-refractivity contribution in [3.8, 4) is 0 Å². The van der Waals surface area contributed by atoms with Crippen LogP contribution in [0.3, 0.4) is 0 Å². The Kier molecular flexibility index (Phi) is 2.88. The van der Waals surface area contributed by atoms with Gasteiger partial charge in [-0.25, -0.2) is 0 Å². The second-order valence-corrected chi connectivity index (χ2v) is 3.46. The molecule has 0 aliphatic heterocycles. The van der Waals surface area contributed by atoms with Gasteiger partial charge >= 0.3 is 0 Å². The monoisotopic (exact) mass is 164 g/mol. The molecule has 0 amide bonds. The van der Waals surface area contributed by atoms with Crippen molar-refractivity contribution in [3.05, 3.63) is 34.9 Å². The first-order valence-corrected chi connectivity index (χ1v) is 4.36. The Morgan fingerprint density at radius 1 is 1.33 bits per heavy atom. The van der Waals surface area contributed by atoms with Crippen molar-refractivity contribution in [3.63, 3.8) is 0 Å². The summed E-state index contributed by atoms with van der Waals surface area (Å²) in [6.45, 7) is 6.49. The van der Waals surface area contributed by atoms with Gasteiger partial charge in [0.2, 0.25) is 0 Å². The number of hydrogen-bond donors (Lipinski definition) is 1. The van der Waals surface area contributed by atoms with Crippen LogP contribution in [-0.2, 0) is 6.61 Å². The van der Waals surface area contributed by atoms with Crippen molar-refractivity contribution in [1.82, 2.24) is 0 Å². The third-order valence-corrected chi connectivity index (χ3v) is 2.23. The van der Waals surface area contributed by atoms with Crippen molar-refractivity contribution in [2.45, 2.75) is 33.3 Å². The molecule has 1 heteroatoms. The predicted molar refractivity (Wildman–Crippen MR) is 51.2 cm³/mol. The maximum absolute atomic E-state index is 9.15. The van der Waals surface area contributed by atoms with Crippen molar-refractivity contribution in [2.75, 3.05) is 0 Å². The number of aliphatic hydroxyl groups excluding tert-OH is 1. The van der Waals surface area contributed by atoms with Crippen LogP contribution in [0.15, 0.2) is 18.2 Å². The zero-order chi connectivity index (χ0) is 9.14. The number of benzene rings is 1. The lowest BCUT2D eigenvalue weighted by Crippen LogP contribution is -1.98. The van der Waals surface area contributed by atoms with Crippen LogP contribution in [-0.4, -0.2) is 5.11 Å². The summed E-state index contributed by atoms with van der Waals surface area (Å²) in [5.74, 6) is 0.493. The Balaban J connectivity index is 3.18. The maximum atomic E-state index is 9.15. The summed E-state index contributed by atoms with van der Waals surface area (Å²) in [7, 11) is 0. The molecule has 12 heavy (non-hydrogen) atoms. The molecule has 1 aromatic carbocycles. The van der Waals surface area contributed by atoms with Crippen molar-refractivity contribution < 1.29 is 5.11 Å². The number of aryl methyl sites for hydroxylation is 1. The van der Waals surface area contributed by atoms with Gasteiger partial charge in [0.25, 0.3) is 0 Å². The highest BCUT2D eigenvalue weighted by Gasteiger charge is 2.06. The largest absolute Gasteiger partial charge is 0.392 e. The molecule has 1 aromatic rings. The van der Waals surface area contributed by atoms with Crippen LogP contribution >= 0.6 is 0 Å². The van der Waals surface area contributed by atoms with Gasteiger partial charge in [0.15, 0.2) is 0 Å². The minimum atomic E-state index is 0.153. The van der Waals surface area contributed by atoms with E-state index >= 15 is 0 Å². The van der Waals surface area contributed by atoms with Crippen molar-refractivity contribution >= 4 is 0 Å². The summed E-state index contributed by atoms with van der Waals surface area (Å²) in [6, 6.07) is 6.17. The van der Waals surface area contributed by atoms with Gasteiger partial charge in [-0.05, 0) is 29.5 Å². The molecular formula is C11H16O. The summed E-state index contributed by atoms with van der Waals surface area (Å²) in [4.78, 5) is 0. The average molecular weight is 164 g/mol. The second-order valence-electron chi connectivity index (χ2n) is 3.46. The van der Waals surface area contributed by atoms with E-state index in [0.717, 1.165) is 5.56 Å². The topological polar surface area (TPSA) is 20.2 Å². The molecule has 1 rings (SSSR count). The lowest BCUT2D eigenvalue weighted by atomic mass is 9.94. The van der Waals surface area contributed by atoms with Crippen LogP contribution in [0.5, 0.6) is 0 Å². The van der Waals surface area contributed by atoms with E-state index in [1.165, 1.54) is 11.1 Å². The molecular weight excluding hydrogens is 148 g/mol. The summed E-state index contributed by atoms with van der Waals surface area (Å²) in [5.41, 5.74) is 3.54. The van der Waals surface area contributed by atoms with Crippen LogP contribution < -0.4 is 0 Å². The lowest BCUT2D eigenvalue weighted by Gasteiger charge is -2.12. The second kappa shape index (κ2) is 3.72. The van der Waals surface area contributed by atoms with Gasteiger partial charge in [0, 0.05) is 0 Å². The molecule has 0 atom stereocenters. The molecule has 0 heterocycles. The first-order valence-electron chi connectivity index (χ1n) is 4.36. The number of hydrogen-bond acceptors (Lipinski definition) is 1. The van der Waals surface area contributed by atoms with Crippen LogP contribution in [0.2, 0.25) is 0 Å². The minimum Gasteiger partial charge on any atom is -0.392 e. The average Bonchev–Trinajstić information content (AvgIpc) is 2.03. The molecule has 66 valence electrons. The van der Waals surface area contributed by atoms with E-state index in [4.69, 9.17) is 5.11 Å². The highest BCUT2D eigenvalue weighted by Crippen LogP contribution is 2.21. The van der Waals surface area contributed by atoms with Gasteiger partial charge in [-0.15, -0.1) is 0 Å². The highest BCUT2D eigenvalue weighted by molar-refractivity contribution is 5.35. The maximum Gasteiger partial charge on any atom is 0.0687 e. The third kappa shape index (κ3) is 1.67. The van der Waals surface area contributed by atoms with Gasteiger partial charge in [0.05, 0.1) is 6.61 Å². The zero-order valence-corrected chi connectivity index (χ0v) is 7.96. The fraction of sp³-hybridized carbons (Fsp3) is 0.455. The molecule has 0 radical (unpaired) electrons. The fourth-order valence-corrected chi connectivity index (χ4v) is 1.48. The Hall–Kier alpha value is -0.820. The fourth-order valence-electron chi connectivity index (χ4n) is 1.48. The zero-order valence-electron chi connectivity index (χ0n) is 7.96. The molecule has 0 fully saturated rings. The van der Waals surface area contributed by atoms with E-state index in [2.05, 4.69) is 19.9 Å². The molecule has 0 saturated carbocycles. The first-order chi connectivity index (χ1) is 5.66. The van der Waals surface area contributed by atoms with Gasteiger partial charge in [-0.2, -0.15) is 0 Å². The van der Waals surface area contributed by atoms with Crippen LogP contribution in [0.25, 0.3) is 0 Å². The quantitative estimate of drug-likeness (QED) is 0.712. The SMILES string of the molecule is Cc1cccc(C(C)C)c1CO. The first kappa shape index (κ1) is 9.27. The molecule has 0 saturated heterocycles. The Labute approximate surface area is 74.1 Å². The molecule has 1 N–H and O–H groups in total. The van der Waals surface area contributed by atoms with Gasteiger partial charge in [-0.3, -0.25) is 0 Å². The van der Waals surface area contributed by atoms with Crippen LogP contribution in [0, 0.1) is 6.92 Å². The van der Waals surface area contributed by atoms with E-state index in [1.54, 1.807) is 0 Å². The molecule has 0 aliphatic carbocycles. The Bertz CT molecular complexity index is 264. The summed E-state index contributed by atoms with van der Waals surface area (Å²) >= 11 is 0. The summed E-state index contributed by atoms with van der Waals surface area (Å²) in [6.07, 6.45) is 0. The molecule has 0 unspecified atom stereocenters. The van der Waals surface area contributed by atoms with E-state index in [0.29, 0.717) is 5.92 Å². The molecule has 0 aliphatic rings. The normalized spacial score (nSPS) is 10.8. The molecule has 0 bridgehead atoms. The smallest absolute Gasteiger partial charge is 0.0687 e. The summed E-state index contributed by atoms with van der Waals surface area (Å²) < 4.78 is 0. The third-order valence-electron chi connectivity index (χ3n) is 2.23. The standard InChI is InChI=1S/C11H16O/c1-8(2)10-6-4-5-9(3)11(10)7-12/h4-6,8,12H,7H2,1-3H3. The van der Waals surface area contributed by atoms with Crippen LogP contribution in [0.4, 0.5) is 0 Å². The Morgan fingerprint density at radius 2 is 2.00 bits per heavy atom. The minimum absolute atomic E-state index is 0.153.